The number of rotatable bonds is 7. The van der Waals surface area contributed by atoms with Crippen LogP contribution in [0.3, 0.4) is 0 Å². The van der Waals surface area contributed by atoms with Gasteiger partial charge in [0, 0.05) is 11.7 Å². The van der Waals surface area contributed by atoms with Gasteiger partial charge in [0.25, 0.3) is 5.91 Å². The minimum Gasteiger partial charge on any atom is -0.483 e. The van der Waals surface area contributed by atoms with Crippen LogP contribution in [0.5, 0.6) is 5.75 Å². The number of benzene rings is 2. The van der Waals surface area contributed by atoms with Gasteiger partial charge in [-0.3, -0.25) is 4.79 Å². The normalized spacial score (nSPS) is 15.1. The maximum Gasteiger partial charge on any atom is 0.262 e. The van der Waals surface area contributed by atoms with Crippen LogP contribution in [0.25, 0.3) is 0 Å². The number of hydrogen-bond donors (Lipinski definition) is 2. The van der Waals surface area contributed by atoms with Crippen molar-refractivity contribution in [3.8, 4) is 5.75 Å². The van der Waals surface area contributed by atoms with Gasteiger partial charge in [0.05, 0.1) is 4.90 Å². The Hall–Kier alpha value is -2.38. The first-order chi connectivity index (χ1) is 13.8. The van der Waals surface area contributed by atoms with Crippen LogP contribution in [0.4, 0.5) is 5.69 Å². The Labute approximate surface area is 172 Å². The summed E-state index contributed by atoms with van der Waals surface area (Å²) < 4.78 is 33.4. The molecule has 1 fully saturated rings. The molecule has 6 nitrogen and oxygen atoms in total. The van der Waals surface area contributed by atoms with E-state index in [2.05, 4.69) is 10.0 Å². The first kappa shape index (κ1) is 21.3. The molecule has 0 atom stereocenters. The summed E-state index contributed by atoms with van der Waals surface area (Å²) in [6.07, 6.45) is 5.05. The highest BCUT2D eigenvalue weighted by molar-refractivity contribution is 7.89. The highest BCUT2D eigenvalue weighted by Gasteiger charge is 2.21. The molecule has 156 valence electrons. The smallest absolute Gasteiger partial charge is 0.262 e. The van der Waals surface area contributed by atoms with E-state index in [4.69, 9.17) is 4.74 Å². The molecule has 3 rings (SSSR count). The lowest BCUT2D eigenvalue weighted by Gasteiger charge is -2.22. The zero-order chi connectivity index (χ0) is 20.9. The largest absolute Gasteiger partial charge is 0.483 e. The molecular weight excluding hydrogens is 388 g/mol. The van der Waals surface area contributed by atoms with Crippen molar-refractivity contribution in [1.29, 1.82) is 0 Å². The minimum absolute atomic E-state index is 0.00959. The molecule has 1 aliphatic rings. The van der Waals surface area contributed by atoms with E-state index in [-0.39, 0.29) is 23.5 Å². The second-order valence-electron chi connectivity index (χ2n) is 7.59. The van der Waals surface area contributed by atoms with Gasteiger partial charge in [-0.1, -0.05) is 31.4 Å². The van der Waals surface area contributed by atoms with Crippen LogP contribution >= 0.6 is 0 Å². The van der Waals surface area contributed by atoms with Crippen molar-refractivity contribution in [2.75, 3.05) is 11.9 Å². The molecule has 2 aromatic carbocycles. The summed E-state index contributed by atoms with van der Waals surface area (Å²) in [5.74, 6) is 0.372. The van der Waals surface area contributed by atoms with Gasteiger partial charge >= 0.3 is 0 Å². The van der Waals surface area contributed by atoms with Crippen LogP contribution in [0, 0.1) is 13.8 Å². The Morgan fingerprint density at radius 1 is 1.03 bits per heavy atom. The number of amides is 1. The number of carbonyl (C=O) groups excluding carboxylic acids is 1. The van der Waals surface area contributed by atoms with Gasteiger partial charge < -0.3 is 10.1 Å². The van der Waals surface area contributed by atoms with Crippen molar-refractivity contribution in [2.24, 2.45) is 0 Å². The Morgan fingerprint density at radius 3 is 2.41 bits per heavy atom. The molecule has 0 bridgehead atoms. The van der Waals surface area contributed by atoms with Gasteiger partial charge in [0.15, 0.2) is 6.61 Å². The Balaban J connectivity index is 1.55. The predicted molar refractivity (Wildman–Crippen MR) is 114 cm³/mol. The topological polar surface area (TPSA) is 84.5 Å². The fourth-order valence-corrected chi connectivity index (χ4v) is 4.73. The molecule has 7 heteroatoms. The fourth-order valence-electron chi connectivity index (χ4n) is 3.43. The summed E-state index contributed by atoms with van der Waals surface area (Å²) in [5.41, 5.74) is 2.55. The molecule has 0 saturated heterocycles. The van der Waals surface area contributed by atoms with Gasteiger partial charge in [-0.2, -0.15) is 0 Å². The Morgan fingerprint density at radius 2 is 1.72 bits per heavy atom. The lowest BCUT2D eigenvalue weighted by molar-refractivity contribution is -0.118. The fraction of sp³-hybridized carbons (Fsp3) is 0.409. The third kappa shape index (κ3) is 6.05. The van der Waals surface area contributed by atoms with Crippen molar-refractivity contribution in [3.63, 3.8) is 0 Å². The van der Waals surface area contributed by atoms with Crippen molar-refractivity contribution in [1.82, 2.24) is 4.72 Å². The third-order valence-corrected chi connectivity index (χ3v) is 6.61. The second kappa shape index (κ2) is 9.41. The minimum atomic E-state index is -3.55. The molecule has 1 amide bonds. The van der Waals surface area contributed by atoms with E-state index in [1.165, 1.54) is 18.6 Å². The molecule has 2 aromatic rings. The number of aryl methyl sites for hydroxylation is 2. The van der Waals surface area contributed by atoms with E-state index in [9.17, 15) is 13.2 Å². The highest BCUT2D eigenvalue weighted by atomic mass is 32.2. The van der Waals surface area contributed by atoms with Crippen LogP contribution in [0.1, 0.15) is 43.2 Å². The number of hydrogen-bond acceptors (Lipinski definition) is 4. The summed E-state index contributed by atoms with van der Waals surface area (Å²) in [6.45, 7) is 3.77. The summed E-state index contributed by atoms with van der Waals surface area (Å²) in [4.78, 5) is 12.4. The van der Waals surface area contributed by atoms with Crippen LogP contribution < -0.4 is 14.8 Å². The lowest BCUT2D eigenvalue weighted by atomic mass is 9.96. The Bertz CT molecular complexity index is 949. The van der Waals surface area contributed by atoms with Crippen LogP contribution in [0.2, 0.25) is 0 Å². The number of sulfonamides is 1. The van der Waals surface area contributed by atoms with E-state index in [1.54, 1.807) is 12.1 Å². The molecule has 0 radical (unpaired) electrons. The molecule has 29 heavy (non-hydrogen) atoms. The average molecular weight is 417 g/mol. The van der Waals surface area contributed by atoms with Crippen LogP contribution in [0.15, 0.2) is 47.4 Å². The first-order valence-electron chi connectivity index (χ1n) is 9.96. The Kier molecular flexibility index (Phi) is 6.92. The number of ether oxygens (including phenoxy) is 1. The van der Waals surface area contributed by atoms with Gasteiger partial charge in [-0.05, 0) is 68.1 Å². The van der Waals surface area contributed by atoms with Crippen LogP contribution in [-0.4, -0.2) is 27.0 Å². The van der Waals surface area contributed by atoms with Crippen molar-refractivity contribution >= 4 is 21.6 Å². The van der Waals surface area contributed by atoms with E-state index in [1.807, 2.05) is 32.0 Å². The zero-order valence-electron chi connectivity index (χ0n) is 16.9. The summed E-state index contributed by atoms with van der Waals surface area (Å²) in [5, 5.41) is 2.73. The van der Waals surface area contributed by atoms with E-state index < -0.39 is 10.0 Å². The average Bonchev–Trinajstić information content (AvgIpc) is 2.69. The molecule has 0 heterocycles. The first-order valence-corrected chi connectivity index (χ1v) is 11.4. The third-order valence-electron chi connectivity index (χ3n) is 5.08. The van der Waals surface area contributed by atoms with E-state index >= 15 is 0 Å². The number of carbonyl (C=O) groups is 1. The monoisotopic (exact) mass is 416 g/mol. The maximum absolute atomic E-state index is 12.5. The maximum atomic E-state index is 12.5. The summed E-state index contributed by atoms with van der Waals surface area (Å²) >= 11 is 0. The van der Waals surface area contributed by atoms with Crippen LogP contribution in [-0.2, 0) is 14.8 Å². The van der Waals surface area contributed by atoms with Crippen molar-refractivity contribution in [2.45, 2.75) is 56.9 Å². The SMILES string of the molecule is Cc1ccc(C)c(OCC(=O)Nc2ccc(S(=O)(=O)NC3CCCCC3)cc2)c1. The number of anilines is 1. The lowest BCUT2D eigenvalue weighted by Crippen LogP contribution is -2.36. The zero-order valence-corrected chi connectivity index (χ0v) is 17.7. The summed E-state index contributed by atoms with van der Waals surface area (Å²) in [6, 6.07) is 12.0. The van der Waals surface area contributed by atoms with Crippen molar-refractivity contribution < 1.29 is 17.9 Å². The molecule has 0 spiro atoms. The van der Waals surface area contributed by atoms with Crippen molar-refractivity contribution in [3.05, 3.63) is 53.6 Å². The number of nitrogens with one attached hydrogen (secondary N) is 2. The molecule has 1 aliphatic carbocycles. The molecule has 2 N–H and O–H groups in total. The molecule has 0 aliphatic heterocycles. The van der Waals surface area contributed by atoms with Gasteiger partial charge in [0.2, 0.25) is 10.0 Å². The molecule has 0 unspecified atom stereocenters. The standard InChI is InChI=1S/C22H28N2O4S/c1-16-8-9-17(2)21(14-16)28-15-22(25)23-18-10-12-20(13-11-18)29(26,27)24-19-6-4-3-5-7-19/h8-14,19,24H,3-7,15H2,1-2H3,(H,23,25). The predicted octanol–water partition coefficient (Wildman–Crippen LogP) is 3.93. The molecule has 0 aromatic heterocycles. The van der Waals surface area contributed by atoms with E-state index in [0.717, 1.165) is 36.8 Å². The summed E-state index contributed by atoms with van der Waals surface area (Å²) in [7, 11) is -3.55. The second-order valence-corrected chi connectivity index (χ2v) is 9.30. The van der Waals surface area contributed by atoms with Gasteiger partial charge in [-0.25, -0.2) is 13.1 Å². The highest BCUT2D eigenvalue weighted by Crippen LogP contribution is 2.21. The van der Waals surface area contributed by atoms with E-state index in [0.29, 0.717) is 11.4 Å². The molecule has 1 saturated carbocycles. The van der Waals surface area contributed by atoms with Gasteiger partial charge in [-0.15, -0.1) is 0 Å². The molecular formula is C22H28N2O4S. The quantitative estimate of drug-likeness (QED) is 0.716. The van der Waals surface area contributed by atoms with Gasteiger partial charge in [0.1, 0.15) is 5.75 Å².